The minimum atomic E-state index is -4.48. The van der Waals surface area contributed by atoms with Gasteiger partial charge < -0.3 is 15.2 Å². The van der Waals surface area contributed by atoms with Crippen LogP contribution in [0.4, 0.5) is 24.9 Å². The second kappa shape index (κ2) is 9.85. The molecule has 1 unspecified atom stereocenters. The molecule has 0 spiro atoms. The first-order chi connectivity index (χ1) is 17.6. The highest BCUT2D eigenvalue weighted by molar-refractivity contribution is 5.83. The van der Waals surface area contributed by atoms with E-state index in [1.807, 2.05) is 50.2 Å². The lowest BCUT2D eigenvalue weighted by atomic mass is 10.1. The number of halogens is 3. The standard InChI is InChI=1S/C25H27F3N8O/c1-15-11-20(34-33-15)18-3-4-19-21(12-18)31-24(30-19)32-22-13-17(5-6-29-22)16(2)35-7-9-36(10-8-35)23(37)14-25(26,27)28/h3-6,11-13,16H,7-10,14H2,1-2H3,(H,33,34)(H2,29,30,31,32). The molecular formula is C25H27F3N8O. The number of hydrogen-bond acceptors (Lipinski definition) is 6. The Hall–Kier alpha value is -3.93. The zero-order chi connectivity index (χ0) is 26.2. The molecule has 0 radical (unpaired) electrons. The van der Waals surface area contributed by atoms with Crippen molar-refractivity contribution >= 4 is 28.7 Å². The maximum Gasteiger partial charge on any atom is 0.397 e. The number of pyridine rings is 1. The number of aromatic amines is 2. The number of carbonyl (C=O) groups excluding carboxylic acids is 1. The molecule has 4 heterocycles. The average molecular weight is 513 g/mol. The van der Waals surface area contributed by atoms with E-state index in [9.17, 15) is 18.0 Å². The average Bonchev–Trinajstić information content (AvgIpc) is 3.47. The van der Waals surface area contributed by atoms with Crippen molar-refractivity contribution in [3.8, 4) is 11.3 Å². The number of nitrogens with zero attached hydrogens (tertiary/aromatic N) is 5. The summed E-state index contributed by atoms with van der Waals surface area (Å²) < 4.78 is 37.7. The fraction of sp³-hybridized carbons (Fsp3) is 0.360. The molecule has 0 bridgehead atoms. The van der Waals surface area contributed by atoms with E-state index in [1.54, 1.807) is 6.20 Å². The topological polar surface area (TPSA) is 106 Å². The van der Waals surface area contributed by atoms with Crippen LogP contribution in [-0.4, -0.2) is 73.2 Å². The SMILES string of the molecule is Cc1cc(-c2ccc3nc(Nc4cc(C(C)N5CCN(C(=O)CC(F)(F)F)CC5)ccn4)[nH]c3c2)[nH]n1. The van der Waals surface area contributed by atoms with Gasteiger partial charge in [0.2, 0.25) is 11.9 Å². The van der Waals surface area contributed by atoms with Crippen molar-refractivity contribution in [2.24, 2.45) is 0 Å². The van der Waals surface area contributed by atoms with E-state index in [1.165, 1.54) is 4.90 Å². The van der Waals surface area contributed by atoms with Crippen LogP contribution in [0, 0.1) is 6.92 Å². The summed E-state index contributed by atoms with van der Waals surface area (Å²) >= 11 is 0. The summed E-state index contributed by atoms with van der Waals surface area (Å²) in [6.45, 7) is 5.50. The molecule has 1 aromatic carbocycles. The van der Waals surface area contributed by atoms with E-state index in [2.05, 4.69) is 35.4 Å². The van der Waals surface area contributed by atoms with Gasteiger partial charge in [0.05, 0.1) is 22.4 Å². The molecule has 1 amide bonds. The molecule has 0 aliphatic carbocycles. The first-order valence-electron chi connectivity index (χ1n) is 12.0. The van der Waals surface area contributed by atoms with E-state index in [0.717, 1.165) is 33.5 Å². The molecular weight excluding hydrogens is 485 g/mol. The molecule has 9 nitrogen and oxygen atoms in total. The van der Waals surface area contributed by atoms with Crippen molar-refractivity contribution in [3.63, 3.8) is 0 Å². The maximum atomic E-state index is 12.6. The number of H-pyrrole nitrogens is 2. The predicted octanol–water partition coefficient (Wildman–Crippen LogP) is 4.56. The van der Waals surface area contributed by atoms with Gasteiger partial charge in [-0.05, 0) is 49.7 Å². The Kier molecular flexibility index (Phi) is 6.59. The van der Waals surface area contributed by atoms with Crippen LogP contribution in [0.2, 0.25) is 0 Å². The molecule has 1 atom stereocenters. The zero-order valence-electron chi connectivity index (χ0n) is 20.4. The summed E-state index contributed by atoms with van der Waals surface area (Å²) in [5.74, 6) is 0.307. The van der Waals surface area contributed by atoms with Crippen molar-refractivity contribution in [1.82, 2.24) is 34.9 Å². The normalized spacial score (nSPS) is 15.8. The summed E-state index contributed by atoms with van der Waals surface area (Å²) in [4.78, 5) is 27.6. The summed E-state index contributed by atoms with van der Waals surface area (Å²) in [5.41, 5.74) is 5.52. The third kappa shape index (κ3) is 5.74. The first-order valence-corrected chi connectivity index (χ1v) is 12.0. The molecule has 1 saturated heterocycles. The highest BCUT2D eigenvalue weighted by atomic mass is 19.4. The van der Waals surface area contributed by atoms with Crippen LogP contribution in [0.5, 0.6) is 0 Å². The molecule has 12 heteroatoms. The molecule has 37 heavy (non-hydrogen) atoms. The zero-order valence-corrected chi connectivity index (χ0v) is 20.4. The van der Waals surface area contributed by atoms with Crippen molar-refractivity contribution in [3.05, 3.63) is 53.9 Å². The van der Waals surface area contributed by atoms with Crippen molar-refractivity contribution in [1.29, 1.82) is 0 Å². The van der Waals surface area contributed by atoms with Crippen LogP contribution in [0.1, 0.15) is 30.6 Å². The Morgan fingerprint density at radius 3 is 2.62 bits per heavy atom. The largest absolute Gasteiger partial charge is 0.397 e. The Labute approximate surface area is 211 Å². The minimum absolute atomic E-state index is 0.000452. The number of piperazine rings is 1. The molecule has 1 aliphatic rings. The van der Waals surface area contributed by atoms with Gasteiger partial charge in [-0.2, -0.15) is 18.3 Å². The third-order valence-electron chi connectivity index (χ3n) is 6.58. The molecule has 3 N–H and O–H groups in total. The minimum Gasteiger partial charge on any atom is -0.340 e. The first kappa shape index (κ1) is 24.8. The number of aryl methyl sites for hydroxylation is 1. The number of rotatable bonds is 6. The lowest BCUT2D eigenvalue weighted by Crippen LogP contribution is -2.50. The fourth-order valence-corrected chi connectivity index (χ4v) is 4.56. The van der Waals surface area contributed by atoms with Gasteiger partial charge in [-0.15, -0.1) is 0 Å². The third-order valence-corrected chi connectivity index (χ3v) is 6.58. The van der Waals surface area contributed by atoms with Gasteiger partial charge in [-0.25, -0.2) is 9.97 Å². The summed E-state index contributed by atoms with van der Waals surface area (Å²) in [5, 5.41) is 10.4. The van der Waals surface area contributed by atoms with Gasteiger partial charge in [0, 0.05) is 44.0 Å². The Balaban J connectivity index is 1.24. The highest BCUT2D eigenvalue weighted by Gasteiger charge is 2.35. The van der Waals surface area contributed by atoms with E-state index >= 15 is 0 Å². The monoisotopic (exact) mass is 512 g/mol. The maximum absolute atomic E-state index is 12.6. The Morgan fingerprint density at radius 1 is 1.14 bits per heavy atom. The van der Waals surface area contributed by atoms with Gasteiger partial charge in [0.15, 0.2) is 0 Å². The molecule has 194 valence electrons. The molecule has 1 fully saturated rings. The molecule has 5 rings (SSSR count). The number of imidazole rings is 1. The van der Waals surface area contributed by atoms with E-state index in [0.29, 0.717) is 24.9 Å². The lowest BCUT2D eigenvalue weighted by Gasteiger charge is -2.38. The Bertz CT molecular complexity index is 1400. The number of aromatic nitrogens is 5. The van der Waals surface area contributed by atoms with Crippen LogP contribution >= 0.6 is 0 Å². The lowest BCUT2D eigenvalue weighted by molar-refractivity contribution is -0.162. The van der Waals surface area contributed by atoms with E-state index in [-0.39, 0.29) is 19.1 Å². The van der Waals surface area contributed by atoms with Crippen LogP contribution in [0.15, 0.2) is 42.6 Å². The van der Waals surface area contributed by atoms with Crippen molar-refractivity contribution in [2.75, 3.05) is 31.5 Å². The van der Waals surface area contributed by atoms with Gasteiger partial charge in [0.1, 0.15) is 12.2 Å². The van der Waals surface area contributed by atoms with E-state index in [4.69, 9.17) is 0 Å². The van der Waals surface area contributed by atoms with Gasteiger partial charge in [0.25, 0.3) is 0 Å². The van der Waals surface area contributed by atoms with Crippen LogP contribution in [0.25, 0.3) is 22.3 Å². The number of fused-ring (bicyclic) bond motifs is 1. The summed E-state index contributed by atoms with van der Waals surface area (Å²) in [6, 6.07) is 11.7. The van der Waals surface area contributed by atoms with Crippen LogP contribution in [-0.2, 0) is 4.79 Å². The predicted molar refractivity (Wildman–Crippen MR) is 133 cm³/mol. The van der Waals surface area contributed by atoms with Gasteiger partial charge in [-0.1, -0.05) is 6.07 Å². The number of alkyl halides is 3. The van der Waals surface area contributed by atoms with Gasteiger partial charge in [-0.3, -0.25) is 14.8 Å². The smallest absolute Gasteiger partial charge is 0.340 e. The number of anilines is 2. The number of hydrogen-bond donors (Lipinski definition) is 3. The fourth-order valence-electron chi connectivity index (χ4n) is 4.56. The van der Waals surface area contributed by atoms with Crippen LogP contribution in [0.3, 0.4) is 0 Å². The molecule has 3 aromatic heterocycles. The second-order valence-corrected chi connectivity index (χ2v) is 9.22. The molecule has 4 aromatic rings. The number of amides is 1. The number of nitrogens with one attached hydrogen (secondary N) is 3. The van der Waals surface area contributed by atoms with Crippen molar-refractivity contribution < 1.29 is 18.0 Å². The van der Waals surface area contributed by atoms with E-state index < -0.39 is 18.5 Å². The number of benzene rings is 1. The highest BCUT2D eigenvalue weighted by Crippen LogP contribution is 2.27. The quantitative estimate of drug-likeness (QED) is 0.350. The Morgan fingerprint density at radius 2 is 1.92 bits per heavy atom. The number of carbonyl (C=O) groups is 1. The van der Waals surface area contributed by atoms with Crippen molar-refractivity contribution in [2.45, 2.75) is 32.5 Å². The van der Waals surface area contributed by atoms with Crippen LogP contribution < -0.4 is 5.32 Å². The molecule has 1 aliphatic heterocycles. The second-order valence-electron chi connectivity index (χ2n) is 9.22. The summed E-state index contributed by atoms with van der Waals surface area (Å²) in [6.07, 6.45) is -4.19. The molecule has 0 saturated carbocycles. The summed E-state index contributed by atoms with van der Waals surface area (Å²) in [7, 11) is 0. The van der Waals surface area contributed by atoms with Gasteiger partial charge >= 0.3 is 6.18 Å².